The molecule has 2 rings (SSSR count). The zero-order valence-corrected chi connectivity index (χ0v) is 12.3. The van der Waals surface area contributed by atoms with E-state index in [9.17, 15) is 8.42 Å². The molecule has 0 aromatic carbocycles. The Hall–Kier alpha value is -0.920. The molecule has 0 spiro atoms. The maximum atomic E-state index is 12.5. The van der Waals surface area contributed by atoms with Crippen LogP contribution in [-0.2, 0) is 16.4 Å². The summed E-state index contributed by atoms with van der Waals surface area (Å²) in [5.74, 6) is 0.680. The molecular weight excluding hydrogens is 264 g/mol. The number of nitrogens with one attached hydrogen (secondary N) is 1. The molecule has 7 heteroatoms. The van der Waals surface area contributed by atoms with Crippen LogP contribution in [0.1, 0.15) is 38.4 Å². The van der Waals surface area contributed by atoms with Crippen molar-refractivity contribution in [3.05, 3.63) is 12.0 Å². The van der Waals surface area contributed by atoms with Gasteiger partial charge >= 0.3 is 0 Å². The van der Waals surface area contributed by atoms with Crippen molar-refractivity contribution in [1.82, 2.24) is 14.3 Å². The van der Waals surface area contributed by atoms with E-state index in [2.05, 4.69) is 9.97 Å². The van der Waals surface area contributed by atoms with Gasteiger partial charge in [-0.1, -0.05) is 19.8 Å². The third kappa shape index (κ3) is 2.82. The van der Waals surface area contributed by atoms with Gasteiger partial charge in [0.2, 0.25) is 0 Å². The van der Waals surface area contributed by atoms with Crippen molar-refractivity contribution >= 4 is 10.0 Å². The van der Waals surface area contributed by atoms with E-state index in [1.165, 1.54) is 10.5 Å². The van der Waals surface area contributed by atoms with E-state index in [-0.39, 0.29) is 17.1 Å². The molecule has 0 amide bonds. The molecule has 0 aliphatic heterocycles. The Labute approximate surface area is 114 Å². The van der Waals surface area contributed by atoms with Gasteiger partial charge in [0.25, 0.3) is 10.0 Å². The number of aromatic nitrogens is 2. The summed E-state index contributed by atoms with van der Waals surface area (Å²) in [6.45, 7) is 1.93. The van der Waals surface area contributed by atoms with Gasteiger partial charge in [0.1, 0.15) is 5.82 Å². The van der Waals surface area contributed by atoms with Crippen molar-refractivity contribution in [1.29, 1.82) is 0 Å². The van der Waals surface area contributed by atoms with Gasteiger partial charge in [-0.25, -0.2) is 13.4 Å². The second kappa shape index (κ2) is 5.60. The molecule has 2 atom stereocenters. The summed E-state index contributed by atoms with van der Waals surface area (Å²) in [5.41, 5.74) is 6.05. The van der Waals surface area contributed by atoms with Crippen LogP contribution in [0, 0.1) is 0 Å². The van der Waals surface area contributed by atoms with Crippen LogP contribution >= 0.6 is 0 Å². The Morgan fingerprint density at radius 2 is 2.16 bits per heavy atom. The lowest BCUT2D eigenvalue weighted by Gasteiger charge is -2.34. The van der Waals surface area contributed by atoms with Gasteiger partial charge in [-0.2, -0.15) is 4.31 Å². The summed E-state index contributed by atoms with van der Waals surface area (Å²) in [4.78, 5) is 6.91. The van der Waals surface area contributed by atoms with Crippen LogP contribution < -0.4 is 5.73 Å². The molecule has 2 unspecified atom stereocenters. The molecule has 1 aromatic heterocycles. The second-order valence-corrected chi connectivity index (χ2v) is 7.05. The van der Waals surface area contributed by atoms with Crippen molar-refractivity contribution in [2.45, 2.75) is 56.1 Å². The van der Waals surface area contributed by atoms with Crippen LogP contribution in [0.2, 0.25) is 0 Å². The maximum absolute atomic E-state index is 12.5. The zero-order valence-electron chi connectivity index (χ0n) is 11.5. The average Bonchev–Trinajstić information content (AvgIpc) is 2.88. The predicted octanol–water partition coefficient (Wildman–Crippen LogP) is 0.863. The van der Waals surface area contributed by atoms with E-state index >= 15 is 0 Å². The molecule has 0 radical (unpaired) electrons. The lowest BCUT2D eigenvalue weighted by Crippen LogP contribution is -2.50. The molecular formula is C12H22N4O2S. The molecule has 0 saturated heterocycles. The van der Waals surface area contributed by atoms with Crippen LogP contribution in [0.15, 0.2) is 11.2 Å². The van der Waals surface area contributed by atoms with Crippen LogP contribution in [0.5, 0.6) is 0 Å². The largest absolute Gasteiger partial charge is 0.332 e. The summed E-state index contributed by atoms with van der Waals surface area (Å²) in [6, 6.07) is -0.200. The Bertz CT molecular complexity index is 526. The molecule has 1 aliphatic carbocycles. The van der Waals surface area contributed by atoms with E-state index < -0.39 is 10.0 Å². The summed E-state index contributed by atoms with van der Waals surface area (Å²) in [6.07, 6.45) is 5.89. The van der Waals surface area contributed by atoms with Gasteiger partial charge in [-0.3, -0.25) is 0 Å². The first-order valence-corrected chi connectivity index (χ1v) is 8.18. The van der Waals surface area contributed by atoms with Gasteiger partial charge in [-0.15, -0.1) is 0 Å². The first-order valence-electron chi connectivity index (χ1n) is 6.74. The van der Waals surface area contributed by atoms with Crippen molar-refractivity contribution in [2.24, 2.45) is 5.73 Å². The zero-order chi connectivity index (χ0) is 14.0. The number of nitrogens with two attached hydrogens (primary N) is 1. The normalized spacial score (nSPS) is 24.8. The van der Waals surface area contributed by atoms with Crippen molar-refractivity contribution in [2.75, 3.05) is 7.05 Å². The van der Waals surface area contributed by atoms with Crippen molar-refractivity contribution in [3.63, 3.8) is 0 Å². The summed E-state index contributed by atoms with van der Waals surface area (Å²) in [5, 5.41) is 0.157. The number of aromatic amines is 1. The quantitative estimate of drug-likeness (QED) is 0.858. The first-order chi connectivity index (χ1) is 8.96. The van der Waals surface area contributed by atoms with Crippen molar-refractivity contribution < 1.29 is 8.42 Å². The highest BCUT2D eigenvalue weighted by atomic mass is 32.2. The minimum Gasteiger partial charge on any atom is -0.332 e. The third-order valence-electron chi connectivity index (χ3n) is 3.85. The number of imidazole rings is 1. The number of hydrogen-bond acceptors (Lipinski definition) is 4. The highest BCUT2D eigenvalue weighted by Crippen LogP contribution is 2.25. The maximum Gasteiger partial charge on any atom is 0.260 e. The average molecular weight is 286 g/mol. The molecule has 1 heterocycles. The molecule has 6 nitrogen and oxygen atoms in total. The number of sulfonamides is 1. The molecule has 1 saturated carbocycles. The number of hydrogen-bond donors (Lipinski definition) is 2. The lowest BCUT2D eigenvalue weighted by molar-refractivity contribution is 0.252. The molecule has 108 valence electrons. The Morgan fingerprint density at radius 3 is 2.74 bits per heavy atom. The van der Waals surface area contributed by atoms with E-state index in [4.69, 9.17) is 5.73 Å². The van der Waals surface area contributed by atoms with Gasteiger partial charge in [0.05, 0.1) is 6.20 Å². The molecule has 3 N–H and O–H groups in total. The number of nitrogens with zero attached hydrogens (tertiary/aromatic N) is 2. The number of rotatable bonds is 4. The fourth-order valence-corrected chi connectivity index (χ4v) is 3.94. The minimum absolute atomic E-state index is 0.0814. The fourth-order valence-electron chi connectivity index (χ4n) is 2.58. The van der Waals surface area contributed by atoms with E-state index in [1.54, 1.807) is 7.05 Å². The van der Waals surface area contributed by atoms with Crippen LogP contribution in [0.4, 0.5) is 0 Å². The number of aryl methyl sites for hydroxylation is 1. The van der Waals surface area contributed by atoms with E-state index in [0.29, 0.717) is 12.2 Å². The van der Waals surface area contributed by atoms with Gasteiger partial charge in [-0.05, 0) is 12.8 Å². The second-order valence-electron chi connectivity index (χ2n) is 5.08. The Kier molecular flexibility index (Phi) is 4.27. The Balaban J connectivity index is 2.23. The predicted molar refractivity (Wildman–Crippen MR) is 73.1 cm³/mol. The topological polar surface area (TPSA) is 92.1 Å². The van der Waals surface area contributed by atoms with Crippen LogP contribution in [-0.4, -0.2) is 41.8 Å². The third-order valence-corrected chi connectivity index (χ3v) is 5.64. The smallest absolute Gasteiger partial charge is 0.260 e. The summed E-state index contributed by atoms with van der Waals surface area (Å²) in [7, 11) is -1.92. The molecule has 1 aliphatic rings. The molecule has 0 bridgehead atoms. The Morgan fingerprint density at radius 1 is 1.47 bits per heavy atom. The molecule has 1 aromatic rings. The van der Waals surface area contributed by atoms with E-state index in [1.807, 2.05) is 6.92 Å². The van der Waals surface area contributed by atoms with Gasteiger partial charge in [0.15, 0.2) is 5.03 Å². The standard InChI is InChI=1S/C12H22N4O2S/c1-3-11-14-8-12(15-11)19(17,18)16(2)10-7-5-4-6-9(10)13/h8-10H,3-7,13H2,1-2H3,(H,14,15). The van der Waals surface area contributed by atoms with Crippen LogP contribution in [0.3, 0.4) is 0 Å². The highest BCUT2D eigenvalue weighted by Gasteiger charge is 2.34. The van der Waals surface area contributed by atoms with Crippen LogP contribution in [0.25, 0.3) is 0 Å². The number of likely N-dealkylation sites (N-methyl/N-ethyl adjacent to an activating group) is 1. The molecule has 19 heavy (non-hydrogen) atoms. The van der Waals surface area contributed by atoms with Gasteiger partial charge in [0, 0.05) is 25.6 Å². The van der Waals surface area contributed by atoms with Crippen molar-refractivity contribution in [3.8, 4) is 0 Å². The monoisotopic (exact) mass is 286 g/mol. The summed E-state index contributed by atoms with van der Waals surface area (Å²) < 4.78 is 26.4. The first kappa shape index (κ1) is 14.5. The minimum atomic E-state index is -3.53. The number of H-pyrrole nitrogens is 1. The van der Waals surface area contributed by atoms with E-state index in [0.717, 1.165) is 25.7 Å². The highest BCUT2D eigenvalue weighted by molar-refractivity contribution is 7.89. The summed E-state index contributed by atoms with van der Waals surface area (Å²) >= 11 is 0. The molecule has 1 fully saturated rings. The van der Waals surface area contributed by atoms with Gasteiger partial charge < -0.3 is 10.7 Å². The SMILES string of the molecule is CCc1ncc(S(=O)(=O)N(C)C2CCCCC2N)[nH]1. The fraction of sp³-hybridized carbons (Fsp3) is 0.750. The lowest BCUT2D eigenvalue weighted by atomic mass is 9.91.